The van der Waals surface area contributed by atoms with Gasteiger partial charge < -0.3 is 19.5 Å². The summed E-state index contributed by atoms with van der Waals surface area (Å²) in [7, 11) is -0.288. The van der Waals surface area contributed by atoms with E-state index in [2.05, 4.69) is 0 Å². The van der Waals surface area contributed by atoms with Crippen molar-refractivity contribution < 1.29 is 32.6 Å². The van der Waals surface area contributed by atoms with E-state index in [1.54, 1.807) is 0 Å². The van der Waals surface area contributed by atoms with E-state index in [1.165, 1.54) is 37.3 Å². The Hall–Kier alpha value is -2.29. The molecule has 132 valence electrons. The summed E-state index contributed by atoms with van der Waals surface area (Å²) in [6, 6.07) is 3.92. The standard InChI is InChI=1S/C15H19NO7S/c1-16(10-6-7-24(20,21)9-10)13(17)8-23-15(19)11-4-3-5-12(22-2)14(11)18/h3-5,10,18H,6-9H2,1-2H3/t10-/m1/s1. The number of para-hydroxylation sites is 1. The first kappa shape index (κ1) is 18.1. The molecule has 0 radical (unpaired) electrons. The van der Waals surface area contributed by atoms with Gasteiger partial charge in [-0.25, -0.2) is 13.2 Å². The lowest BCUT2D eigenvalue weighted by atomic mass is 10.2. The first-order valence-corrected chi connectivity index (χ1v) is 9.06. The molecule has 0 aromatic heterocycles. The molecule has 1 fully saturated rings. The summed E-state index contributed by atoms with van der Waals surface area (Å²) >= 11 is 0. The van der Waals surface area contributed by atoms with Crippen LogP contribution < -0.4 is 4.74 Å². The average Bonchev–Trinajstić information content (AvgIpc) is 2.91. The average molecular weight is 357 g/mol. The molecular formula is C15H19NO7S. The fourth-order valence-corrected chi connectivity index (χ4v) is 4.22. The van der Waals surface area contributed by atoms with Gasteiger partial charge in [-0.2, -0.15) is 0 Å². The molecule has 1 aliphatic rings. The van der Waals surface area contributed by atoms with Gasteiger partial charge in [0.15, 0.2) is 27.9 Å². The monoisotopic (exact) mass is 357 g/mol. The number of carbonyl (C=O) groups excluding carboxylic acids is 2. The Bertz CT molecular complexity index is 744. The minimum absolute atomic E-state index is 0.0484. The van der Waals surface area contributed by atoms with Crippen molar-refractivity contribution >= 4 is 21.7 Å². The van der Waals surface area contributed by atoms with Crippen molar-refractivity contribution in [3.8, 4) is 11.5 Å². The number of carbonyl (C=O) groups is 2. The molecule has 2 rings (SSSR count). The Morgan fingerprint density at radius 3 is 2.67 bits per heavy atom. The van der Waals surface area contributed by atoms with Crippen LogP contribution in [0.4, 0.5) is 0 Å². The highest BCUT2D eigenvalue weighted by Crippen LogP contribution is 2.29. The molecule has 0 saturated carbocycles. The molecular weight excluding hydrogens is 338 g/mol. The van der Waals surface area contributed by atoms with Gasteiger partial charge in [0.2, 0.25) is 0 Å². The smallest absolute Gasteiger partial charge is 0.342 e. The van der Waals surface area contributed by atoms with Crippen LogP contribution in [0.15, 0.2) is 18.2 Å². The predicted octanol–water partition coefficient (Wildman–Crippen LogP) is 0.203. The van der Waals surface area contributed by atoms with Gasteiger partial charge in [0.05, 0.1) is 18.6 Å². The molecule has 24 heavy (non-hydrogen) atoms. The molecule has 1 aromatic carbocycles. The van der Waals surface area contributed by atoms with E-state index in [-0.39, 0.29) is 28.6 Å². The van der Waals surface area contributed by atoms with Crippen molar-refractivity contribution in [1.29, 1.82) is 0 Å². The molecule has 0 spiro atoms. The van der Waals surface area contributed by atoms with Crippen molar-refractivity contribution in [2.45, 2.75) is 12.5 Å². The summed E-state index contributed by atoms with van der Waals surface area (Å²) in [4.78, 5) is 25.3. The number of benzene rings is 1. The van der Waals surface area contributed by atoms with Crippen molar-refractivity contribution in [2.24, 2.45) is 0 Å². The topological polar surface area (TPSA) is 110 Å². The fraction of sp³-hybridized carbons (Fsp3) is 0.467. The predicted molar refractivity (Wildman–Crippen MR) is 84.8 cm³/mol. The number of amides is 1. The van der Waals surface area contributed by atoms with Gasteiger partial charge in [0.1, 0.15) is 5.56 Å². The third-order valence-corrected chi connectivity index (χ3v) is 5.67. The third kappa shape index (κ3) is 3.97. The minimum atomic E-state index is -3.11. The number of nitrogens with zero attached hydrogens (tertiary/aromatic N) is 1. The molecule has 1 N–H and O–H groups in total. The molecule has 1 amide bonds. The highest BCUT2D eigenvalue weighted by atomic mass is 32.2. The Morgan fingerprint density at radius 1 is 1.38 bits per heavy atom. The minimum Gasteiger partial charge on any atom is -0.504 e. The van der Waals surface area contributed by atoms with E-state index >= 15 is 0 Å². The summed E-state index contributed by atoms with van der Waals surface area (Å²) in [6.07, 6.45) is 0.370. The number of ether oxygens (including phenoxy) is 2. The zero-order valence-electron chi connectivity index (χ0n) is 13.4. The lowest BCUT2D eigenvalue weighted by Gasteiger charge is -2.23. The molecule has 8 nitrogen and oxygen atoms in total. The van der Waals surface area contributed by atoms with Crippen LogP contribution in [-0.4, -0.2) is 68.6 Å². The van der Waals surface area contributed by atoms with Gasteiger partial charge >= 0.3 is 5.97 Å². The maximum absolute atomic E-state index is 12.1. The number of rotatable bonds is 5. The van der Waals surface area contributed by atoms with E-state index in [0.29, 0.717) is 6.42 Å². The van der Waals surface area contributed by atoms with Gasteiger partial charge in [-0.1, -0.05) is 6.07 Å². The maximum Gasteiger partial charge on any atom is 0.342 e. The molecule has 0 aliphatic carbocycles. The van der Waals surface area contributed by atoms with Gasteiger partial charge in [-0.05, 0) is 18.6 Å². The summed E-state index contributed by atoms with van der Waals surface area (Å²) in [5, 5.41) is 9.88. The number of sulfone groups is 1. The van der Waals surface area contributed by atoms with Crippen molar-refractivity contribution in [2.75, 3.05) is 32.3 Å². The van der Waals surface area contributed by atoms with Gasteiger partial charge in [-0.3, -0.25) is 4.79 Å². The summed E-state index contributed by atoms with van der Waals surface area (Å²) in [5.74, 6) is -1.66. The van der Waals surface area contributed by atoms with E-state index in [0.717, 1.165) is 0 Å². The maximum atomic E-state index is 12.1. The van der Waals surface area contributed by atoms with Gasteiger partial charge in [0.25, 0.3) is 5.91 Å². The number of esters is 1. The molecule has 1 heterocycles. The van der Waals surface area contributed by atoms with Crippen LogP contribution in [0.1, 0.15) is 16.8 Å². The molecule has 9 heteroatoms. The van der Waals surface area contributed by atoms with Crippen LogP contribution in [-0.2, 0) is 19.4 Å². The fourth-order valence-electron chi connectivity index (χ4n) is 2.44. The number of hydrogen-bond donors (Lipinski definition) is 1. The molecule has 1 aromatic rings. The third-order valence-electron chi connectivity index (χ3n) is 3.92. The zero-order valence-corrected chi connectivity index (χ0v) is 14.2. The van der Waals surface area contributed by atoms with E-state index < -0.39 is 34.4 Å². The van der Waals surface area contributed by atoms with Crippen LogP contribution in [0.25, 0.3) is 0 Å². The van der Waals surface area contributed by atoms with Crippen molar-refractivity contribution in [1.82, 2.24) is 4.90 Å². The highest BCUT2D eigenvalue weighted by Gasteiger charge is 2.33. The normalized spacial score (nSPS) is 18.8. The van der Waals surface area contributed by atoms with E-state index in [4.69, 9.17) is 9.47 Å². The van der Waals surface area contributed by atoms with Crippen LogP contribution in [0.2, 0.25) is 0 Å². The second kappa shape index (κ2) is 7.08. The van der Waals surface area contributed by atoms with Gasteiger partial charge in [0, 0.05) is 13.1 Å². The summed E-state index contributed by atoms with van der Waals surface area (Å²) in [6.45, 7) is -0.539. The second-order valence-corrected chi connectivity index (χ2v) is 7.72. The molecule has 0 unspecified atom stereocenters. The number of aromatic hydroxyl groups is 1. The van der Waals surface area contributed by atoms with Crippen LogP contribution in [0.3, 0.4) is 0 Å². The lowest BCUT2D eigenvalue weighted by molar-refractivity contribution is -0.134. The molecule has 1 aliphatic heterocycles. The number of phenolic OH excluding ortho intramolecular Hbond substituents is 1. The highest BCUT2D eigenvalue weighted by molar-refractivity contribution is 7.91. The Balaban J connectivity index is 1.95. The first-order chi connectivity index (χ1) is 11.2. The largest absolute Gasteiger partial charge is 0.504 e. The van der Waals surface area contributed by atoms with Crippen LogP contribution in [0, 0.1) is 0 Å². The molecule has 0 bridgehead atoms. The number of phenols is 1. The number of hydrogen-bond acceptors (Lipinski definition) is 7. The first-order valence-electron chi connectivity index (χ1n) is 7.24. The lowest BCUT2D eigenvalue weighted by Crippen LogP contribution is -2.40. The summed E-state index contributed by atoms with van der Waals surface area (Å²) < 4.78 is 32.7. The van der Waals surface area contributed by atoms with Crippen LogP contribution >= 0.6 is 0 Å². The van der Waals surface area contributed by atoms with Crippen LogP contribution in [0.5, 0.6) is 11.5 Å². The van der Waals surface area contributed by atoms with E-state index in [1.807, 2.05) is 0 Å². The number of likely N-dealkylation sites (N-methyl/N-ethyl adjacent to an activating group) is 1. The zero-order chi connectivity index (χ0) is 17.9. The molecule has 1 atom stereocenters. The van der Waals surface area contributed by atoms with Crippen molar-refractivity contribution in [3.63, 3.8) is 0 Å². The SMILES string of the molecule is COc1cccc(C(=O)OCC(=O)N(C)[C@@H]2CCS(=O)(=O)C2)c1O. The Labute approximate surface area is 139 Å². The molecule has 1 saturated heterocycles. The Kier molecular flexibility index (Phi) is 5.33. The quantitative estimate of drug-likeness (QED) is 0.750. The van der Waals surface area contributed by atoms with Crippen molar-refractivity contribution in [3.05, 3.63) is 23.8 Å². The van der Waals surface area contributed by atoms with E-state index in [9.17, 15) is 23.1 Å². The summed E-state index contributed by atoms with van der Waals surface area (Å²) in [5.41, 5.74) is -0.117. The van der Waals surface area contributed by atoms with Gasteiger partial charge in [-0.15, -0.1) is 0 Å². The Morgan fingerprint density at radius 2 is 2.08 bits per heavy atom. The second-order valence-electron chi connectivity index (χ2n) is 5.49. The number of methoxy groups -OCH3 is 1.